The van der Waals surface area contributed by atoms with Gasteiger partial charge in [-0.05, 0) is 32.4 Å². The monoisotopic (exact) mass is 459 g/mol. The molecule has 7 nitrogen and oxygen atoms in total. The van der Waals surface area contributed by atoms with Gasteiger partial charge in [-0.3, -0.25) is 4.99 Å². The molecule has 0 unspecified atom stereocenters. The Hall–Kier alpha value is -1.97. The quantitative estimate of drug-likeness (QED) is 0.261. The lowest BCUT2D eigenvalue weighted by molar-refractivity contribution is 0.332. The molecule has 0 saturated carbocycles. The van der Waals surface area contributed by atoms with Crippen molar-refractivity contribution in [2.45, 2.75) is 26.8 Å². The first-order chi connectivity index (χ1) is 11.7. The Labute approximate surface area is 165 Å². The Balaban J connectivity index is 0.00000312. The fourth-order valence-corrected chi connectivity index (χ4v) is 2.19. The van der Waals surface area contributed by atoms with Crippen LogP contribution < -0.4 is 20.5 Å². The fraction of sp³-hybridized carbons (Fsp3) is 0.412. The summed E-state index contributed by atoms with van der Waals surface area (Å²) in [5, 5.41) is 3.09. The minimum atomic E-state index is 0. The first kappa shape index (κ1) is 21.1. The van der Waals surface area contributed by atoms with Crippen LogP contribution in [0.1, 0.15) is 20.3 Å². The number of aromatic nitrogens is 2. The van der Waals surface area contributed by atoms with Crippen LogP contribution in [0.5, 0.6) is 11.5 Å². The number of nitrogens with two attached hydrogens (primary N) is 1. The summed E-state index contributed by atoms with van der Waals surface area (Å²) in [7, 11) is 0. The first-order valence-electron chi connectivity index (χ1n) is 8.15. The maximum absolute atomic E-state index is 5.98. The maximum atomic E-state index is 5.98. The van der Waals surface area contributed by atoms with Gasteiger partial charge in [0.2, 0.25) is 0 Å². The number of aryl methyl sites for hydroxylation is 1. The molecule has 3 N–H and O–H groups in total. The van der Waals surface area contributed by atoms with E-state index >= 15 is 0 Å². The second-order valence-electron chi connectivity index (χ2n) is 5.07. The molecule has 0 fully saturated rings. The molecule has 0 aliphatic carbocycles. The van der Waals surface area contributed by atoms with Gasteiger partial charge >= 0.3 is 0 Å². The molecule has 8 heteroatoms. The van der Waals surface area contributed by atoms with Gasteiger partial charge in [0, 0.05) is 31.5 Å². The minimum absolute atomic E-state index is 0. The van der Waals surface area contributed by atoms with Crippen molar-refractivity contribution in [3.05, 3.63) is 36.9 Å². The smallest absolute Gasteiger partial charge is 0.193 e. The maximum Gasteiger partial charge on any atom is 0.193 e. The van der Waals surface area contributed by atoms with E-state index in [2.05, 4.69) is 15.3 Å². The summed E-state index contributed by atoms with van der Waals surface area (Å²) in [6, 6.07) is 5.60. The van der Waals surface area contributed by atoms with Crippen LogP contribution in [0.3, 0.4) is 0 Å². The predicted molar refractivity (Wildman–Crippen MR) is 111 cm³/mol. The molecular formula is C17H26IN5O2. The number of halogens is 1. The Morgan fingerprint density at radius 2 is 2.08 bits per heavy atom. The molecule has 1 heterocycles. The Morgan fingerprint density at radius 1 is 1.28 bits per heavy atom. The summed E-state index contributed by atoms with van der Waals surface area (Å²) < 4.78 is 13.1. The number of benzene rings is 1. The Bertz CT molecular complexity index is 646. The molecular weight excluding hydrogens is 433 g/mol. The van der Waals surface area contributed by atoms with E-state index in [9.17, 15) is 0 Å². The van der Waals surface area contributed by atoms with E-state index in [1.54, 1.807) is 12.5 Å². The summed E-state index contributed by atoms with van der Waals surface area (Å²) in [4.78, 5) is 8.36. The lowest BCUT2D eigenvalue weighted by Gasteiger charge is -2.14. The molecule has 0 aliphatic rings. The number of nitrogens with zero attached hydrogens (tertiary/aromatic N) is 3. The van der Waals surface area contributed by atoms with E-state index < -0.39 is 0 Å². The number of imidazole rings is 1. The zero-order valence-electron chi connectivity index (χ0n) is 14.6. The van der Waals surface area contributed by atoms with E-state index in [1.807, 2.05) is 42.8 Å². The number of hydrogen-bond acceptors (Lipinski definition) is 4. The van der Waals surface area contributed by atoms with Crippen molar-refractivity contribution < 1.29 is 9.47 Å². The molecule has 2 rings (SSSR count). The highest BCUT2D eigenvalue weighted by Gasteiger charge is 2.07. The largest absolute Gasteiger partial charge is 0.494 e. The Kier molecular flexibility index (Phi) is 9.75. The van der Waals surface area contributed by atoms with Gasteiger partial charge in [0.25, 0.3) is 0 Å². The van der Waals surface area contributed by atoms with Crippen LogP contribution in [0, 0.1) is 0 Å². The zero-order valence-corrected chi connectivity index (χ0v) is 17.0. The third-order valence-corrected chi connectivity index (χ3v) is 3.24. The van der Waals surface area contributed by atoms with Crippen LogP contribution in [0.15, 0.2) is 41.9 Å². The summed E-state index contributed by atoms with van der Waals surface area (Å²) in [6.07, 6.45) is 6.37. The molecule has 138 valence electrons. The third kappa shape index (κ3) is 7.20. The van der Waals surface area contributed by atoms with Crippen LogP contribution in [-0.4, -0.2) is 35.3 Å². The molecule has 25 heavy (non-hydrogen) atoms. The van der Waals surface area contributed by atoms with E-state index in [0.717, 1.165) is 30.2 Å². The normalized spacial score (nSPS) is 10.9. The molecule has 1 aromatic heterocycles. The van der Waals surface area contributed by atoms with Crippen LogP contribution in [-0.2, 0) is 6.54 Å². The fourth-order valence-electron chi connectivity index (χ4n) is 2.19. The summed E-state index contributed by atoms with van der Waals surface area (Å²) in [5.41, 5.74) is 6.73. The van der Waals surface area contributed by atoms with Gasteiger partial charge in [0.15, 0.2) is 5.96 Å². The predicted octanol–water partition coefficient (Wildman–Crippen LogP) is 3.12. The van der Waals surface area contributed by atoms with Crippen molar-refractivity contribution in [2.24, 2.45) is 10.7 Å². The molecule has 0 radical (unpaired) electrons. The second kappa shape index (κ2) is 11.6. The van der Waals surface area contributed by atoms with Crippen molar-refractivity contribution in [1.82, 2.24) is 9.55 Å². The van der Waals surface area contributed by atoms with E-state index in [-0.39, 0.29) is 24.0 Å². The Morgan fingerprint density at radius 3 is 2.76 bits per heavy atom. The number of hydrogen-bond donors (Lipinski definition) is 2. The van der Waals surface area contributed by atoms with Gasteiger partial charge in [0.1, 0.15) is 11.5 Å². The van der Waals surface area contributed by atoms with Crippen molar-refractivity contribution >= 4 is 35.6 Å². The average molecular weight is 459 g/mol. The van der Waals surface area contributed by atoms with Gasteiger partial charge in [0.05, 0.1) is 25.2 Å². The van der Waals surface area contributed by atoms with Gasteiger partial charge in [-0.25, -0.2) is 4.98 Å². The number of rotatable bonds is 9. The number of anilines is 1. The summed E-state index contributed by atoms with van der Waals surface area (Å²) >= 11 is 0. The van der Waals surface area contributed by atoms with Crippen LogP contribution in [0.4, 0.5) is 5.69 Å². The average Bonchev–Trinajstić information content (AvgIpc) is 3.08. The van der Waals surface area contributed by atoms with Crippen molar-refractivity contribution in [1.29, 1.82) is 0 Å². The van der Waals surface area contributed by atoms with Gasteiger partial charge in [-0.1, -0.05) is 0 Å². The van der Waals surface area contributed by atoms with Crippen LogP contribution in [0.25, 0.3) is 0 Å². The number of ether oxygens (including phenoxy) is 2. The number of aliphatic imine (C=N–C) groups is 1. The van der Waals surface area contributed by atoms with Gasteiger partial charge in [-0.15, -0.1) is 24.0 Å². The molecule has 0 atom stereocenters. The first-order valence-corrected chi connectivity index (χ1v) is 8.15. The molecule has 0 saturated heterocycles. The highest BCUT2D eigenvalue weighted by atomic mass is 127. The molecule has 0 spiro atoms. The molecule has 0 bridgehead atoms. The van der Waals surface area contributed by atoms with Crippen molar-refractivity contribution in [2.75, 3.05) is 25.1 Å². The molecule has 0 aliphatic heterocycles. The van der Waals surface area contributed by atoms with E-state index in [0.29, 0.717) is 25.7 Å². The van der Waals surface area contributed by atoms with Crippen molar-refractivity contribution in [3.63, 3.8) is 0 Å². The molecule has 1 aromatic carbocycles. The van der Waals surface area contributed by atoms with Gasteiger partial charge in [-0.2, -0.15) is 0 Å². The van der Waals surface area contributed by atoms with Gasteiger partial charge < -0.3 is 25.1 Å². The minimum Gasteiger partial charge on any atom is -0.494 e. The summed E-state index contributed by atoms with van der Waals surface area (Å²) in [6.45, 7) is 6.55. The standard InChI is InChI=1S/C17H25N5O2.HI/c1-3-23-14-6-7-16(24-4-2)15(12-14)21-17(18)20-8-5-10-22-11-9-19-13-22;/h6-7,9,11-13H,3-5,8,10H2,1-2H3,(H3,18,20,21);1H. The topological polar surface area (TPSA) is 86.7 Å². The highest BCUT2D eigenvalue weighted by Crippen LogP contribution is 2.29. The highest BCUT2D eigenvalue weighted by molar-refractivity contribution is 14.0. The third-order valence-electron chi connectivity index (χ3n) is 3.24. The van der Waals surface area contributed by atoms with Crippen molar-refractivity contribution in [3.8, 4) is 11.5 Å². The summed E-state index contributed by atoms with van der Waals surface area (Å²) in [5.74, 6) is 1.84. The zero-order chi connectivity index (χ0) is 17.2. The van der Waals surface area contributed by atoms with E-state index in [1.165, 1.54) is 0 Å². The molecule has 2 aromatic rings. The molecule has 0 amide bonds. The lowest BCUT2D eigenvalue weighted by atomic mass is 10.2. The van der Waals surface area contributed by atoms with Crippen LogP contribution in [0.2, 0.25) is 0 Å². The van der Waals surface area contributed by atoms with Crippen LogP contribution >= 0.6 is 24.0 Å². The number of guanidine groups is 1. The lowest BCUT2D eigenvalue weighted by Crippen LogP contribution is -2.23. The second-order valence-corrected chi connectivity index (χ2v) is 5.07. The van der Waals surface area contributed by atoms with E-state index in [4.69, 9.17) is 15.2 Å². The SMILES string of the molecule is CCOc1ccc(OCC)c(NC(N)=NCCCn2ccnc2)c1.I. The number of nitrogens with one attached hydrogen (secondary N) is 1.